The maximum atomic E-state index is 12.3. The van der Waals surface area contributed by atoms with Crippen molar-refractivity contribution in [2.24, 2.45) is 0 Å². The molecule has 3 aromatic carbocycles. The normalized spacial score (nSPS) is 10.9. The van der Waals surface area contributed by atoms with Gasteiger partial charge in [-0.2, -0.15) is 0 Å². The molecule has 32 heavy (non-hydrogen) atoms. The lowest BCUT2D eigenvalue weighted by Gasteiger charge is -2.15. The average molecular weight is 425 g/mol. The summed E-state index contributed by atoms with van der Waals surface area (Å²) in [5, 5.41) is 20.2. The minimum Gasteiger partial charge on any atom is -0.478 e. The Bertz CT molecular complexity index is 1340. The fraction of sp³-hybridized carbons (Fsp3) is 0.148. The fourth-order valence-corrected chi connectivity index (χ4v) is 4.12. The van der Waals surface area contributed by atoms with Crippen LogP contribution in [0.4, 0.5) is 0 Å². The Balaban J connectivity index is 1.78. The molecular weight excluding hydrogens is 402 g/mol. The molecule has 0 saturated heterocycles. The van der Waals surface area contributed by atoms with Gasteiger partial charge in [0.25, 0.3) is 0 Å². The first-order chi connectivity index (χ1) is 15.4. The van der Waals surface area contributed by atoms with Crippen molar-refractivity contribution in [1.29, 1.82) is 0 Å². The number of benzene rings is 3. The number of aryl methyl sites for hydroxylation is 2. The smallest absolute Gasteiger partial charge is 0.336 e. The predicted octanol–water partition coefficient (Wildman–Crippen LogP) is 5.76. The molecule has 5 heteroatoms. The highest BCUT2D eigenvalue weighted by molar-refractivity contribution is 6.04. The summed E-state index contributed by atoms with van der Waals surface area (Å²) >= 11 is 0. The van der Waals surface area contributed by atoms with Crippen molar-refractivity contribution in [3.8, 4) is 11.1 Å². The van der Waals surface area contributed by atoms with Gasteiger partial charge in [0.1, 0.15) is 0 Å². The van der Waals surface area contributed by atoms with Crippen molar-refractivity contribution < 1.29 is 19.8 Å². The highest BCUT2D eigenvalue weighted by atomic mass is 16.4. The number of hydrogen-bond donors (Lipinski definition) is 2. The third-order valence-electron chi connectivity index (χ3n) is 5.68. The van der Waals surface area contributed by atoms with Crippen LogP contribution in [0.3, 0.4) is 0 Å². The van der Waals surface area contributed by atoms with Crippen LogP contribution < -0.4 is 0 Å². The van der Waals surface area contributed by atoms with Crippen LogP contribution in [-0.4, -0.2) is 27.1 Å². The van der Waals surface area contributed by atoms with Crippen LogP contribution in [0.5, 0.6) is 0 Å². The van der Waals surface area contributed by atoms with Crippen molar-refractivity contribution in [3.05, 3.63) is 100 Å². The van der Waals surface area contributed by atoms with Gasteiger partial charge in [-0.3, -0.25) is 4.98 Å². The van der Waals surface area contributed by atoms with Crippen molar-refractivity contribution in [2.75, 3.05) is 0 Å². The number of hydrogen-bond acceptors (Lipinski definition) is 3. The largest absolute Gasteiger partial charge is 0.478 e. The number of aromatic nitrogens is 1. The highest BCUT2D eigenvalue weighted by Gasteiger charge is 2.20. The maximum absolute atomic E-state index is 12.3. The number of carboxylic acids is 2. The molecule has 0 saturated carbocycles. The molecule has 0 aliphatic rings. The van der Waals surface area contributed by atoms with Crippen LogP contribution in [0, 0.1) is 6.92 Å². The summed E-state index contributed by atoms with van der Waals surface area (Å²) in [4.78, 5) is 28.5. The first kappa shape index (κ1) is 21.2. The molecule has 0 fully saturated rings. The number of fused-ring (bicyclic) bond motifs is 1. The van der Waals surface area contributed by atoms with Gasteiger partial charge in [-0.05, 0) is 53.8 Å². The van der Waals surface area contributed by atoms with E-state index in [2.05, 4.69) is 0 Å². The number of pyridine rings is 1. The SMILES string of the molecule is CCc1nc2ccc(C)cc2c(C(=O)O)c1Cc1ccc(-c2ccccc2C(=O)O)cc1. The molecule has 2 N–H and O–H groups in total. The third-order valence-corrected chi connectivity index (χ3v) is 5.68. The molecule has 1 aromatic heterocycles. The van der Waals surface area contributed by atoms with Crippen LogP contribution in [0.1, 0.15) is 50.0 Å². The summed E-state index contributed by atoms with van der Waals surface area (Å²) < 4.78 is 0. The monoisotopic (exact) mass is 425 g/mol. The Labute approximate surface area is 186 Å². The zero-order chi connectivity index (χ0) is 22.8. The first-order valence-corrected chi connectivity index (χ1v) is 10.5. The molecule has 4 rings (SSSR count). The summed E-state index contributed by atoms with van der Waals surface area (Å²) in [5.41, 5.74) is 6.10. The zero-order valence-corrected chi connectivity index (χ0v) is 17.9. The maximum Gasteiger partial charge on any atom is 0.336 e. The average Bonchev–Trinajstić information content (AvgIpc) is 2.78. The van der Waals surface area contributed by atoms with Crippen molar-refractivity contribution >= 4 is 22.8 Å². The van der Waals surface area contributed by atoms with Crippen LogP contribution in [0.2, 0.25) is 0 Å². The molecule has 0 aliphatic heterocycles. The van der Waals surface area contributed by atoms with Crippen LogP contribution in [0.25, 0.3) is 22.0 Å². The number of nitrogens with zero attached hydrogens (tertiary/aromatic N) is 1. The summed E-state index contributed by atoms with van der Waals surface area (Å²) in [6.07, 6.45) is 1.06. The van der Waals surface area contributed by atoms with E-state index in [4.69, 9.17) is 4.98 Å². The summed E-state index contributed by atoms with van der Waals surface area (Å²) in [6.45, 7) is 3.91. The lowest BCUT2D eigenvalue weighted by molar-refractivity contribution is 0.0687. The van der Waals surface area contributed by atoms with Crippen molar-refractivity contribution in [2.45, 2.75) is 26.7 Å². The molecular formula is C27H23NO4. The molecule has 0 unspecified atom stereocenters. The summed E-state index contributed by atoms with van der Waals surface area (Å²) in [6, 6.07) is 20.2. The summed E-state index contributed by atoms with van der Waals surface area (Å²) in [7, 11) is 0. The van der Waals surface area contributed by atoms with Crippen LogP contribution in [0.15, 0.2) is 66.7 Å². The van der Waals surface area contributed by atoms with E-state index in [1.165, 1.54) is 0 Å². The van der Waals surface area contributed by atoms with E-state index in [9.17, 15) is 19.8 Å². The lowest BCUT2D eigenvalue weighted by atomic mass is 9.92. The molecule has 0 bridgehead atoms. The highest BCUT2D eigenvalue weighted by Crippen LogP contribution is 2.29. The molecule has 160 valence electrons. The van der Waals surface area contributed by atoms with Gasteiger partial charge in [0.2, 0.25) is 0 Å². The lowest BCUT2D eigenvalue weighted by Crippen LogP contribution is -2.10. The van der Waals surface area contributed by atoms with Crippen LogP contribution in [-0.2, 0) is 12.8 Å². The van der Waals surface area contributed by atoms with E-state index in [1.807, 2.05) is 62.4 Å². The molecule has 0 aliphatic carbocycles. The van der Waals surface area contributed by atoms with Gasteiger partial charge < -0.3 is 10.2 Å². The second kappa shape index (κ2) is 8.63. The Morgan fingerprint density at radius 3 is 2.28 bits per heavy atom. The van der Waals surface area contributed by atoms with E-state index in [0.29, 0.717) is 34.9 Å². The Kier molecular flexibility index (Phi) is 5.73. The van der Waals surface area contributed by atoms with Gasteiger partial charge in [0.05, 0.1) is 16.6 Å². The van der Waals surface area contributed by atoms with E-state index in [-0.39, 0.29) is 5.56 Å². The van der Waals surface area contributed by atoms with E-state index in [1.54, 1.807) is 18.2 Å². The van der Waals surface area contributed by atoms with Gasteiger partial charge in [0, 0.05) is 17.5 Å². The third kappa shape index (κ3) is 3.97. The predicted molar refractivity (Wildman–Crippen MR) is 124 cm³/mol. The van der Waals surface area contributed by atoms with Crippen molar-refractivity contribution in [3.63, 3.8) is 0 Å². The first-order valence-electron chi connectivity index (χ1n) is 10.5. The molecule has 1 heterocycles. The van der Waals surface area contributed by atoms with Gasteiger partial charge >= 0.3 is 11.9 Å². The molecule has 5 nitrogen and oxygen atoms in total. The molecule has 0 spiro atoms. The van der Waals surface area contributed by atoms with E-state index >= 15 is 0 Å². The quantitative estimate of drug-likeness (QED) is 0.410. The minimum atomic E-state index is -0.971. The second-order valence-corrected chi connectivity index (χ2v) is 7.82. The molecule has 0 atom stereocenters. The topological polar surface area (TPSA) is 87.5 Å². The molecule has 0 amide bonds. The van der Waals surface area contributed by atoms with Crippen molar-refractivity contribution in [1.82, 2.24) is 4.98 Å². The minimum absolute atomic E-state index is 0.246. The zero-order valence-electron chi connectivity index (χ0n) is 17.9. The van der Waals surface area contributed by atoms with Crippen LogP contribution >= 0.6 is 0 Å². The number of rotatable bonds is 6. The van der Waals surface area contributed by atoms with Gasteiger partial charge in [-0.1, -0.05) is 61.0 Å². The molecule has 4 aromatic rings. The van der Waals surface area contributed by atoms with Gasteiger partial charge in [-0.25, -0.2) is 9.59 Å². The fourth-order valence-electron chi connectivity index (χ4n) is 4.12. The molecule has 0 radical (unpaired) electrons. The Morgan fingerprint density at radius 1 is 0.906 bits per heavy atom. The number of carboxylic acid groups (broad SMARTS) is 2. The van der Waals surface area contributed by atoms with E-state index in [0.717, 1.165) is 27.9 Å². The standard InChI is InChI=1S/C27H23NO4/c1-3-23-22(25(27(31)32)21-14-16(2)8-13-24(21)28-23)15-17-9-11-18(12-10-17)19-6-4-5-7-20(19)26(29)30/h4-14H,3,15H2,1-2H3,(H,29,30)(H,31,32). The number of aromatic carboxylic acids is 2. The summed E-state index contributed by atoms with van der Waals surface area (Å²) in [5.74, 6) is -1.93. The Hall–Kier alpha value is -3.99. The Morgan fingerprint density at radius 2 is 1.62 bits per heavy atom. The van der Waals surface area contributed by atoms with Gasteiger partial charge in [-0.15, -0.1) is 0 Å². The number of carbonyl (C=O) groups is 2. The second-order valence-electron chi connectivity index (χ2n) is 7.82. The van der Waals surface area contributed by atoms with Gasteiger partial charge in [0.15, 0.2) is 0 Å². The van der Waals surface area contributed by atoms with E-state index < -0.39 is 11.9 Å².